The number of nitrogens with zero attached hydrogens (tertiary/aromatic N) is 2. The molecule has 42 heavy (non-hydrogen) atoms. The lowest BCUT2D eigenvalue weighted by molar-refractivity contribution is 0.305. The van der Waals surface area contributed by atoms with Gasteiger partial charge in [-0.25, -0.2) is 4.99 Å². The molecule has 0 saturated heterocycles. The smallest absolute Gasteiger partial charge is 0.271 e. The lowest BCUT2D eigenvalue weighted by atomic mass is 9.83. The molecule has 0 saturated carbocycles. The van der Waals surface area contributed by atoms with Gasteiger partial charge in [0.2, 0.25) is 0 Å². The number of halogens is 1. The Labute approximate surface area is 252 Å². The fourth-order valence-corrected chi connectivity index (χ4v) is 6.84. The molecule has 1 atom stereocenters. The van der Waals surface area contributed by atoms with Crippen LogP contribution in [0.3, 0.4) is 0 Å². The summed E-state index contributed by atoms with van der Waals surface area (Å²) in [5.74, 6) is 1.49. The molecule has 1 aliphatic carbocycles. The van der Waals surface area contributed by atoms with E-state index in [4.69, 9.17) is 26.1 Å². The number of hydrogen-bond donors (Lipinski definition) is 0. The predicted molar refractivity (Wildman–Crippen MR) is 168 cm³/mol. The molecule has 1 aliphatic heterocycles. The highest BCUT2D eigenvalue weighted by atomic mass is 35.5. The summed E-state index contributed by atoms with van der Waals surface area (Å²) in [6.07, 6.45) is 3.68. The fourth-order valence-electron chi connectivity index (χ4n) is 5.72. The molecule has 4 aromatic carbocycles. The van der Waals surface area contributed by atoms with Gasteiger partial charge in [-0.3, -0.25) is 9.36 Å². The Morgan fingerprint density at radius 2 is 1.71 bits per heavy atom. The molecule has 2 aliphatic rings. The van der Waals surface area contributed by atoms with E-state index in [0.717, 1.165) is 46.5 Å². The summed E-state index contributed by atoms with van der Waals surface area (Å²) in [4.78, 5) is 20.0. The van der Waals surface area contributed by atoms with Gasteiger partial charge in [0.25, 0.3) is 5.56 Å². The number of ether oxygens (including phenoxy) is 2. The summed E-state index contributed by atoms with van der Waals surface area (Å²) in [6.45, 7) is 0.396. The highest BCUT2D eigenvalue weighted by Crippen LogP contribution is 2.41. The van der Waals surface area contributed by atoms with Gasteiger partial charge in [0.1, 0.15) is 18.1 Å². The number of aromatic nitrogens is 1. The third-order valence-corrected chi connectivity index (χ3v) is 9.05. The van der Waals surface area contributed by atoms with Crippen LogP contribution in [0.2, 0.25) is 5.02 Å². The molecule has 5 aromatic rings. The predicted octanol–water partition coefficient (Wildman–Crippen LogP) is 6.56. The van der Waals surface area contributed by atoms with E-state index in [1.807, 2.05) is 71.3 Å². The monoisotopic (exact) mass is 590 g/mol. The molecular weight excluding hydrogens is 564 g/mol. The number of rotatable bonds is 6. The number of hydrogen-bond acceptors (Lipinski definition) is 5. The van der Waals surface area contributed by atoms with E-state index in [2.05, 4.69) is 36.4 Å². The summed E-state index contributed by atoms with van der Waals surface area (Å²) in [6, 6.07) is 31.6. The Bertz CT molecular complexity index is 2010. The average molecular weight is 591 g/mol. The second-order valence-corrected chi connectivity index (χ2v) is 11.8. The Morgan fingerprint density at radius 3 is 2.52 bits per heavy atom. The molecular formula is C35H27ClN2O3S. The van der Waals surface area contributed by atoms with Crippen LogP contribution in [-0.2, 0) is 13.0 Å². The Kier molecular flexibility index (Phi) is 7.02. The number of allylic oxidation sites excluding steroid dienone is 1. The second kappa shape index (κ2) is 11.1. The molecule has 2 heterocycles. The second-order valence-electron chi connectivity index (χ2n) is 10.3. The molecule has 0 bridgehead atoms. The van der Waals surface area contributed by atoms with Crippen molar-refractivity contribution >= 4 is 34.7 Å². The van der Waals surface area contributed by atoms with Gasteiger partial charge >= 0.3 is 0 Å². The minimum Gasteiger partial charge on any atom is -0.497 e. The van der Waals surface area contributed by atoms with Crippen LogP contribution in [0, 0.1) is 0 Å². The lowest BCUT2D eigenvalue weighted by Crippen LogP contribution is -2.38. The molecule has 0 amide bonds. The zero-order chi connectivity index (χ0) is 28.6. The van der Waals surface area contributed by atoms with Crippen LogP contribution in [0.1, 0.15) is 40.3 Å². The molecule has 0 spiro atoms. The van der Waals surface area contributed by atoms with Crippen LogP contribution < -0.4 is 24.4 Å². The SMILES string of the molecule is COc1ccc([C@@H]2C3=C(N=c4s/c(=C\c5ccccc5OCc5ccc(Cl)cc5)c(=O)n42)c2ccccc2CC3)cc1. The van der Waals surface area contributed by atoms with Gasteiger partial charge in [-0.1, -0.05) is 89.7 Å². The summed E-state index contributed by atoms with van der Waals surface area (Å²) in [7, 11) is 1.66. The summed E-state index contributed by atoms with van der Waals surface area (Å²) in [5, 5.41) is 0.688. The number of fused-ring (bicyclic) bond motifs is 3. The molecule has 5 nitrogen and oxygen atoms in total. The Morgan fingerprint density at radius 1 is 0.952 bits per heavy atom. The third-order valence-electron chi connectivity index (χ3n) is 7.82. The Hall–Kier alpha value is -4.39. The van der Waals surface area contributed by atoms with Gasteiger partial charge in [0, 0.05) is 16.1 Å². The Balaban J connectivity index is 1.35. The summed E-state index contributed by atoms with van der Waals surface area (Å²) < 4.78 is 14.1. The van der Waals surface area contributed by atoms with E-state index < -0.39 is 0 Å². The molecule has 0 radical (unpaired) electrons. The number of methoxy groups -OCH3 is 1. The van der Waals surface area contributed by atoms with Crippen LogP contribution >= 0.6 is 22.9 Å². The first-order chi connectivity index (χ1) is 20.6. The standard InChI is InChI=1S/C35H27ClN2O3S/c1-40-27-17-12-24(13-18-27)33-29-19-14-23-6-2-4-8-28(23)32(29)37-35-38(33)34(39)31(42-35)20-25-7-3-5-9-30(25)41-21-22-10-15-26(36)16-11-22/h2-13,15-18,20,33H,14,19,21H2,1H3/b31-20-/t33-/m1/s1. The van der Waals surface area contributed by atoms with Crippen LogP contribution in [0.25, 0.3) is 11.8 Å². The molecule has 0 N–H and O–H groups in total. The van der Waals surface area contributed by atoms with Gasteiger partial charge in [-0.05, 0) is 71.5 Å². The van der Waals surface area contributed by atoms with Crippen molar-refractivity contribution in [2.75, 3.05) is 7.11 Å². The van der Waals surface area contributed by atoms with Crippen molar-refractivity contribution in [3.8, 4) is 11.5 Å². The quantitative estimate of drug-likeness (QED) is 0.225. The molecule has 0 fully saturated rings. The molecule has 7 heteroatoms. The zero-order valence-corrected chi connectivity index (χ0v) is 24.5. The normalized spacial score (nSPS) is 15.9. The number of thiazole rings is 1. The first-order valence-electron chi connectivity index (χ1n) is 13.8. The van der Waals surface area contributed by atoms with E-state index in [-0.39, 0.29) is 11.6 Å². The molecule has 208 valence electrons. The van der Waals surface area contributed by atoms with Gasteiger partial charge in [-0.15, -0.1) is 0 Å². The molecule has 0 unspecified atom stereocenters. The van der Waals surface area contributed by atoms with E-state index in [1.54, 1.807) is 7.11 Å². The number of benzene rings is 4. The van der Waals surface area contributed by atoms with Gasteiger partial charge in [-0.2, -0.15) is 0 Å². The topological polar surface area (TPSA) is 52.8 Å². The molecule has 7 rings (SSSR count). The number of para-hydroxylation sites is 1. The maximum atomic E-state index is 14.1. The van der Waals surface area contributed by atoms with Crippen molar-refractivity contribution in [2.24, 2.45) is 4.99 Å². The number of aryl methyl sites for hydroxylation is 1. The maximum absolute atomic E-state index is 14.1. The largest absolute Gasteiger partial charge is 0.497 e. The van der Waals surface area contributed by atoms with Crippen LogP contribution in [-0.4, -0.2) is 11.7 Å². The van der Waals surface area contributed by atoms with Gasteiger partial charge < -0.3 is 9.47 Å². The average Bonchev–Trinajstić information content (AvgIpc) is 3.34. The van der Waals surface area contributed by atoms with Crippen molar-refractivity contribution < 1.29 is 9.47 Å². The van der Waals surface area contributed by atoms with E-state index >= 15 is 0 Å². The summed E-state index contributed by atoms with van der Waals surface area (Å²) in [5.41, 5.74) is 7.43. The molecule has 1 aromatic heterocycles. The minimum absolute atomic E-state index is 0.0579. The first kappa shape index (κ1) is 26.5. The van der Waals surface area contributed by atoms with Crippen LogP contribution in [0.5, 0.6) is 11.5 Å². The van der Waals surface area contributed by atoms with E-state index in [1.165, 1.54) is 22.5 Å². The highest BCUT2D eigenvalue weighted by Gasteiger charge is 2.32. The third kappa shape index (κ3) is 4.87. The van der Waals surface area contributed by atoms with Crippen LogP contribution in [0.15, 0.2) is 112 Å². The zero-order valence-electron chi connectivity index (χ0n) is 22.9. The van der Waals surface area contributed by atoms with Crippen molar-refractivity contribution in [3.05, 3.63) is 155 Å². The maximum Gasteiger partial charge on any atom is 0.271 e. The van der Waals surface area contributed by atoms with Gasteiger partial charge in [0.15, 0.2) is 4.80 Å². The fraction of sp³-hybridized carbons (Fsp3) is 0.143. The van der Waals surface area contributed by atoms with E-state index in [9.17, 15) is 4.79 Å². The van der Waals surface area contributed by atoms with Crippen molar-refractivity contribution in [1.82, 2.24) is 4.57 Å². The first-order valence-corrected chi connectivity index (χ1v) is 15.0. The summed E-state index contributed by atoms with van der Waals surface area (Å²) >= 11 is 7.45. The minimum atomic E-state index is -0.242. The highest BCUT2D eigenvalue weighted by molar-refractivity contribution is 7.07. The van der Waals surface area contributed by atoms with Crippen molar-refractivity contribution in [2.45, 2.75) is 25.5 Å². The van der Waals surface area contributed by atoms with Gasteiger partial charge in [0.05, 0.1) is 23.4 Å². The van der Waals surface area contributed by atoms with Crippen LogP contribution in [0.4, 0.5) is 0 Å². The van der Waals surface area contributed by atoms with Crippen molar-refractivity contribution in [1.29, 1.82) is 0 Å². The lowest BCUT2D eigenvalue weighted by Gasteiger charge is -2.30. The van der Waals surface area contributed by atoms with Crippen molar-refractivity contribution in [3.63, 3.8) is 0 Å². The van der Waals surface area contributed by atoms with E-state index in [0.29, 0.717) is 26.7 Å².